The molecule has 2 atom stereocenters. The number of piperidine rings is 1. The van der Waals surface area contributed by atoms with E-state index in [9.17, 15) is 4.79 Å². The van der Waals surface area contributed by atoms with Crippen LogP contribution >= 0.6 is 0 Å². The van der Waals surface area contributed by atoms with E-state index in [0.29, 0.717) is 18.4 Å². The molecule has 29 heavy (non-hydrogen) atoms. The molecule has 0 bridgehead atoms. The van der Waals surface area contributed by atoms with Gasteiger partial charge in [0, 0.05) is 38.0 Å². The minimum Gasteiger partial charge on any atom is -0.381 e. The summed E-state index contributed by atoms with van der Waals surface area (Å²) in [5.74, 6) is 1.75. The monoisotopic (exact) mass is 397 g/mol. The molecule has 0 spiro atoms. The van der Waals surface area contributed by atoms with Crippen molar-refractivity contribution in [3.63, 3.8) is 0 Å². The average Bonchev–Trinajstić information content (AvgIpc) is 3.19. The van der Waals surface area contributed by atoms with Crippen LogP contribution in [0.2, 0.25) is 0 Å². The number of rotatable bonds is 5. The van der Waals surface area contributed by atoms with Crippen LogP contribution in [0.15, 0.2) is 25.2 Å². The maximum atomic E-state index is 12.4. The highest BCUT2D eigenvalue weighted by molar-refractivity contribution is 5.91. The summed E-state index contributed by atoms with van der Waals surface area (Å²) in [6.45, 7) is 10.3. The summed E-state index contributed by atoms with van der Waals surface area (Å²) >= 11 is 0. The smallest absolute Gasteiger partial charge is 0.246 e. The number of carbonyl (C=O) groups excluding carboxylic acids is 1. The van der Waals surface area contributed by atoms with E-state index in [0.717, 1.165) is 55.7 Å². The van der Waals surface area contributed by atoms with Gasteiger partial charge in [0.2, 0.25) is 5.91 Å². The second-order valence-corrected chi connectivity index (χ2v) is 8.50. The van der Waals surface area contributed by atoms with Gasteiger partial charge in [-0.3, -0.25) is 4.79 Å². The average molecular weight is 398 g/mol. The topological polar surface area (TPSA) is 83.1 Å². The van der Waals surface area contributed by atoms with Gasteiger partial charge in [0.1, 0.15) is 17.8 Å². The van der Waals surface area contributed by atoms with E-state index < -0.39 is 0 Å². The van der Waals surface area contributed by atoms with Crippen molar-refractivity contribution in [2.75, 3.05) is 25.1 Å². The highest BCUT2D eigenvalue weighted by atomic mass is 16.5. The zero-order valence-electron chi connectivity index (χ0n) is 17.4. The summed E-state index contributed by atoms with van der Waals surface area (Å²) in [6.07, 6.45) is 9.11. The third-order valence-electron chi connectivity index (χ3n) is 6.36. The lowest BCUT2D eigenvalue weighted by Crippen LogP contribution is -2.52. The Morgan fingerprint density at radius 2 is 2.10 bits per heavy atom. The molecule has 2 aliphatic rings. The van der Waals surface area contributed by atoms with Crippen LogP contribution < -0.4 is 5.32 Å². The normalized spacial score (nSPS) is 23.5. The zero-order chi connectivity index (χ0) is 20.4. The number of amides is 1. The summed E-state index contributed by atoms with van der Waals surface area (Å²) in [6, 6.07) is 0.415. The van der Waals surface area contributed by atoms with Crippen LogP contribution in [-0.2, 0) is 9.53 Å². The summed E-state index contributed by atoms with van der Waals surface area (Å²) in [5.41, 5.74) is 2.13. The molecule has 2 N–H and O–H groups in total. The van der Waals surface area contributed by atoms with Gasteiger partial charge in [-0.1, -0.05) is 20.4 Å². The predicted molar refractivity (Wildman–Crippen MR) is 114 cm³/mol. The maximum Gasteiger partial charge on any atom is 0.246 e. The lowest BCUT2D eigenvalue weighted by Gasteiger charge is -2.41. The molecule has 2 aliphatic heterocycles. The van der Waals surface area contributed by atoms with Crippen molar-refractivity contribution in [3.8, 4) is 0 Å². The Labute approximate surface area is 171 Å². The van der Waals surface area contributed by atoms with Crippen molar-refractivity contribution < 1.29 is 9.53 Å². The van der Waals surface area contributed by atoms with Gasteiger partial charge in [-0.2, -0.15) is 0 Å². The first-order chi connectivity index (χ1) is 14.1. The van der Waals surface area contributed by atoms with Gasteiger partial charge in [-0.25, -0.2) is 9.97 Å². The van der Waals surface area contributed by atoms with E-state index in [2.05, 4.69) is 46.9 Å². The number of nitrogens with one attached hydrogen (secondary N) is 2. The van der Waals surface area contributed by atoms with Crippen LogP contribution in [-0.4, -0.2) is 57.6 Å². The number of carbonyl (C=O) groups is 1. The molecule has 2 aromatic rings. The number of hydrogen-bond donors (Lipinski definition) is 2. The molecule has 0 unspecified atom stereocenters. The standard InChI is InChI=1S/C22H31N5O2/c1-4-19(28)27-12-16(5-6-18(27)14(2)3)26-22-20-17(15-7-9-29-10-8-15)11-23-21(20)24-13-25-22/h4,11,13-16,18H,1,5-10,12H2,2-3H3,(H2,23,24,25,26)/t16-,18-/m1/s1. The predicted octanol–water partition coefficient (Wildman–Crippen LogP) is 3.47. The number of nitrogens with zero attached hydrogens (tertiary/aromatic N) is 3. The lowest BCUT2D eigenvalue weighted by molar-refractivity contribution is -0.130. The fourth-order valence-electron chi connectivity index (χ4n) is 4.79. The fraction of sp³-hybridized carbons (Fsp3) is 0.591. The minimum absolute atomic E-state index is 0.00701. The van der Waals surface area contributed by atoms with E-state index in [-0.39, 0.29) is 18.0 Å². The van der Waals surface area contributed by atoms with Crippen molar-refractivity contribution in [1.29, 1.82) is 0 Å². The van der Waals surface area contributed by atoms with Crippen LogP contribution in [0.5, 0.6) is 0 Å². The molecule has 1 amide bonds. The van der Waals surface area contributed by atoms with Crippen molar-refractivity contribution >= 4 is 22.8 Å². The Balaban J connectivity index is 1.58. The second kappa shape index (κ2) is 8.53. The molecule has 7 nitrogen and oxygen atoms in total. The summed E-state index contributed by atoms with van der Waals surface area (Å²) < 4.78 is 5.53. The van der Waals surface area contributed by atoms with Gasteiger partial charge in [0.25, 0.3) is 0 Å². The number of fused-ring (bicyclic) bond motifs is 1. The summed E-state index contributed by atoms with van der Waals surface area (Å²) in [7, 11) is 0. The lowest BCUT2D eigenvalue weighted by atomic mass is 9.90. The first kappa shape index (κ1) is 19.9. The number of aromatic amines is 1. The molecule has 156 valence electrons. The molecule has 0 radical (unpaired) electrons. The van der Waals surface area contributed by atoms with Gasteiger partial charge in [-0.15, -0.1) is 0 Å². The Hall–Kier alpha value is -2.41. The van der Waals surface area contributed by atoms with Gasteiger partial charge in [0.15, 0.2) is 0 Å². The maximum absolute atomic E-state index is 12.4. The number of ether oxygens (including phenoxy) is 1. The van der Waals surface area contributed by atoms with Crippen molar-refractivity contribution in [1.82, 2.24) is 19.9 Å². The van der Waals surface area contributed by atoms with Crippen molar-refractivity contribution in [3.05, 3.63) is 30.7 Å². The minimum atomic E-state index is 0.00701. The van der Waals surface area contributed by atoms with E-state index in [1.807, 2.05) is 4.90 Å². The molecule has 0 saturated carbocycles. The number of aromatic nitrogens is 3. The summed E-state index contributed by atoms with van der Waals surface area (Å²) in [5, 5.41) is 4.70. The van der Waals surface area contributed by atoms with E-state index in [1.165, 1.54) is 11.6 Å². The number of hydrogen-bond acceptors (Lipinski definition) is 5. The molecule has 0 aromatic carbocycles. The van der Waals surface area contributed by atoms with Gasteiger partial charge in [-0.05, 0) is 49.2 Å². The van der Waals surface area contributed by atoms with Crippen LogP contribution in [0.4, 0.5) is 5.82 Å². The molecule has 0 aliphatic carbocycles. The zero-order valence-corrected chi connectivity index (χ0v) is 17.4. The first-order valence-electron chi connectivity index (χ1n) is 10.7. The Morgan fingerprint density at radius 3 is 2.83 bits per heavy atom. The highest BCUT2D eigenvalue weighted by Gasteiger charge is 2.33. The Bertz CT molecular complexity index is 871. The Kier molecular flexibility index (Phi) is 5.85. The van der Waals surface area contributed by atoms with Crippen molar-refractivity contribution in [2.45, 2.75) is 57.5 Å². The van der Waals surface area contributed by atoms with Gasteiger partial charge in [0.05, 0.1) is 5.39 Å². The second-order valence-electron chi connectivity index (χ2n) is 8.50. The quantitative estimate of drug-likeness (QED) is 0.755. The van der Waals surface area contributed by atoms with E-state index in [4.69, 9.17) is 4.74 Å². The molecule has 4 heterocycles. The number of H-pyrrole nitrogens is 1. The van der Waals surface area contributed by atoms with Crippen molar-refractivity contribution in [2.24, 2.45) is 5.92 Å². The molecular formula is C22H31N5O2. The van der Waals surface area contributed by atoms with Crippen LogP contribution in [0.3, 0.4) is 0 Å². The van der Waals surface area contributed by atoms with E-state index in [1.54, 1.807) is 6.33 Å². The van der Waals surface area contributed by atoms with E-state index >= 15 is 0 Å². The molecule has 2 saturated heterocycles. The fourth-order valence-corrected chi connectivity index (χ4v) is 4.79. The van der Waals surface area contributed by atoms with Gasteiger partial charge < -0.3 is 19.9 Å². The van der Waals surface area contributed by atoms with Gasteiger partial charge >= 0.3 is 0 Å². The molecule has 2 fully saturated rings. The third kappa shape index (κ3) is 4.01. The van der Waals surface area contributed by atoms with Crippen LogP contribution in [0, 0.1) is 5.92 Å². The van der Waals surface area contributed by atoms with Crippen LogP contribution in [0.25, 0.3) is 11.0 Å². The number of anilines is 1. The van der Waals surface area contributed by atoms with Crippen LogP contribution in [0.1, 0.15) is 51.0 Å². The largest absolute Gasteiger partial charge is 0.381 e. The Morgan fingerprint density at radius 1 is 1.31 bits per heavy atom. The molecular weight excluding hydrogens is 366 g/mol. The molecule has 2 aromatic heterocycles. The SMILES string of the molecule is C=CC(=O)N1C[C@H](Nc2ncnc3[nH]cc(C4CCOCC4)c23)CC[C@@H]1C(C)C. The molecule has 7 heteroatoms. The number of likely N-dealkylation sites (tertiary alicyclic amines) is 1. The third-order valence-corrected chi connectivity index (χ3v) is 6.36. The first-order valence-corrected chi connectivity index (χ1v) is 10.7. The molecule has 4 rings (SSSR count). The highest BCUT2D eigenvalue weighted by Crippen LogP contribution is 2.35. The summed E-state index contributed by atoms with van der Waals surface area (Å²) in [4.78, 5) is 26.7.